The topological polar surface area (TPSA) is 46.6 Å². The van der Waals surface area contributed by atoms with Gasteiger partial charge in [0.25, 0.3) is 0 Å². The number of nitrogens with zero attached hydrogens (tertiary/aromatic N) is 1. The summed E-state index contributed by atoms with van der Waals surface area (Å²) in [5.74, 6) is -0.105. The zero-order valence-corrected chi connectivity index (χ0v) is 15.1. The highest BCUT2D eigenvalue weighted by atomic mass is 35.5. The zero-order valence-electron chi connectivity index (χ0n) is 14.3. The number of esters is 1. The Bertz CT molecular complexity index is 538. The Hall–Kier alpha value is -1.55. The fourth-order valence-corrected chi connectivity index (χ4v) is 3.41. The van der Waals surface area contributed by atoms with Crippen LogP contribution in [0.25, 0.3) is 0 Å². The van der Waals surface area contributed by atoms with Gasteiger partial charge in [-0.15, -0.1) is 0 Å². The van der Waals surface area contributed by atoms with Gasteiger partial charge in [0.2, 0.25) is 5.91 Å². The minimum atomic E-state index is -0.257. The van der Waals surface area contributed by atoms with E-state index in [9.17, 15) is 9.59 Å². The summed E-state index contributed by atoms with van der Waals surface area (Å²) in [6, 6.07) is 8.04. The number of hydrogen-bond acceptors (Lipinski definition) is 3. The number of rotatable bonds is 8. The minimum Gasteiger partial charge on any atom is -0.469 e. The second-order valence-electron chi connectivity index (χ2n) is 6.33. The van der Waals surface area contributed by atoms with E-state index in [0.29, 0.717) is 13.0 Å². The largest absolute Gasteiger partial charge is 0.469 e. The Morgan fingerprint density at radius 2 is 1.83 bits per heavy atom. The lowest BCUT2D eigenvalue weighted by molar-refractivity contribution is -0.142. The van der Waals surface area contributed by atoms with E-state index in [2.05, 4.69) is 0 Å². The zero-order chi connectivity index (χ0) is 17.4. The summed E-state index contributed by atoms with van der Waals surface area (Å²) in [6.07, 6.45) is 6.87. The summed E-state index contributed by atoms with van der Waals surface area (Å²) in [5.41, 5.74) is 1.19. The number of amides is 1. The lowest BCUT2D eigenvalue weighted by Crippen LogP contribution is -2.40. The van der Waals surface area contributed by atoms with E-state index >= 15 is 0 Å². The van der Waals surface area contributed by atoms with Gasteiger partial charge in [-0.2, -0.15) is 0 Å². The maximum Gasteiger partial charge on any atom is 0.307 e. The number of aryl methyl sites for hydroxylation is 1. The van der Waals surface area contributed by atoms with Crippen molar-refractivity contribution in [3.63, 3.8) is 0 Å². The first-order valence-corrected chi connectivity index (χ1v) is 9.08. The monoisotopic (exact) mass is 351 g/mol. The average molecular weight is 352 g/mol. The number of methoxy groups -OCH3 is 1. The first-order valence-electron chi connectivity index (χ1n) is 8.71. The quantitative estimate of drug-likeness (QED) is 0.665. The molecule has 0 radical (unpaired) electrons. The lowest BCUT2D eigenvalue weighted by Gasteiger charge is -2.29. The first kappa shape index (κ1) is 18.8. The van der Waals surface area contributed by atoms with Crippen LogP contribution in [0, 0.1) is 0 Å². The summed E-state index contributed by atoms with van der Waals surface area (Å²) in [7, 11) is 1.39. The van der Waals surface area contributed by atoms with Gasteiger partial charge in [0, 0.05) is 24.0 Å². The van der Waals surface area contributed by atoms with Crippen LogP contribution in [0.2, 0.25) is 5.02 Å². The molecule has 0 spiro atoms. The van der Waals surface area contributed by atoms with Crippen molar-refractivity contribution in [2.45, 2.75) is 57.4 Å². The SMILES string of the molecule is COC(=O)CCN(C(=O)CCCc1ccc(Cl)cc1)C1CCCC1. The van der Waals surface area contributed by atoms with Gasteiger partial charge in [-0.05, 0) is 43.4 Å². The van der Waals surface area contributed by atoms with Crippen molar-refractivity contribution < 1.29 is 14.3 Å². The smallest absolute Gasteiger partial charge is 0.307 e. The van der Waals surface area contributed by atoms with Crippen LogP contribution in [0.15, 0.2) is 24.3 Å². The molecule has 2 rings (SSSR count). The molecule has 0 aliphatic heterocycles. The van der Waals surface area contributed by atoms with Crippen LogP contribution in [0.4, 0.5) is 0 Å². The molecular formula is C19H26ClNO3. The van der Waals surface area contributed by atoms with E-state index in [1.165, 1.54) is 12.7 Å². The molecule has 1 amide bonds. The Balaban J connectivity index is 1.84. The van der Waals surface area contributed by atoms with Crippen molar-refractivity contribution in [2.75, 3.05) is 13.7 Å². The molecule has 1 aliphatic carbocycles. The number of hydrogen-bond donors (Lipinski definition) is 0. The lowest BCUT2D eigenvalue weighted by atomic mass is 10.1. The first-order chi connectivity index (χ1) is 11.6. The van der Waals surface area contributed by atoms with Crippen molar-refractivity contribution >= 4 is 23.5 Å². The van der Waals surface area contributed by atoms with Gasteiger partial charge in [-0.3, -0.25) is 9.59 Å². The summed E-state index contributed by atoms with van der Waals surface area (Å²) in [4.78, 5) is 25.9. The summed E-state index contributed by atoms with van der Waals surface area (Å²) < 4.78 is 4.70. The maximum atomic E-state index is 12.6. The highest BCUT2D eigenvalue weighted by Crippen LogP contribution is 2.24. The van der Waals surface area contributed by atoms with Gasteiger partial charge < -0.3 is 9.64 Å². The van der Waals surface area contributed by atoms with Gasteiger partial charge in [-0.1, -0.05) is 36.6 Å². The number of halogens is 1. The molecule has 0 aromatic heterocycles. The van der Waals surface area contributed by atoms with Crippen molar-refractivity contribution in [3.8, 4) is 0 Å². The predicted molar refractivity (Wildman–Crippen MR) is 95.0 cm³/mol. The van der Waals surface area contributed by atoms with Crippen LogP contribution in [-0.2, 0) is 20.7 Å². The van der Waals surface area contributed by atoms with Crippen molar-refractivity contribution in [1.82, 2.24) is 4.90 Å². The Kier molecular flexibility index (Phi) is 7.57. The molecule has 24 heavy (non-hydrogen) atoms. The van der Waals surface area contributed by atoms with Gasteiger partial charge in [0.1, 0.15) is 0 Å². The second-order valence-corrected chi connectivity index (χ2v) is 6.77. The van der Waals surface area contributed by atoms with Crippen molar-refractivity contribution in [3.05, 3.63) is 34.9 Å². The fourth-order valence-electron chi connectivity index (χ4n) is 3.28. The van der Waals surface area contributed by atoms with Gasteiger partial charge in [0.05, 0.1) is 13.5 Å². The fraction of sp³-hybridized carbons (Fsp3) is 0.579. The maximum absolute atomic E-state index is 12.6. The van der Waals surface area contributed by atoms with Gasteiger partial charge in [-0.25, -0.2) is 0 Å². The van der Waals surface area contributed by atoms with E-state index in [0.717, 1.165) is 43.5 Å². The standard InChI is InChI=1S/C19H26ClNO3/c1-24-19(23)13-14-21(17-6-2-3-7-17)18(22)8-4-5-15-9-11-16(20)12-10-15/h9-12,17H,2-8,13-14H2,1H3. The molecule has 1 aromatic rings. The number of carbonyl (C=O) groups excluding carboxylic acids is 2. The highest BCUT2D eigenvalue weighted by Gasteiger charge is 2.26. The van der Waals surface area contributed by atoms with Crippen LogP contribution >= 0.6 is 11.6 Å². The molecule has 0 bridgehead atoms. The molecule has 1 aromatic carbocycles. The molecule has 0 heterocycles. The molecule has 0 unspecified atom stereocenters. The third-order valence-corrected chi connectivity index (χ3v) is 4.89. The number of ether oxygens (including phenoxy) is 1. The summed E-state index contributed by atoms with van der Waals surface area (Å²) >= 11 is 5.88. The Labute approximate surface area is 149 Å². The molecule has 0 N–H and O–H groups in total. The van der Waals surface area contributed by atoms with Crippen LogP contribution in [-0.4, -0.2) is 36.5 Å². The number of carbonyl (C=O) groups is 2. The normalized spacial score (nSPS) is 14.6. The van der Waals surface area contributed by atoms with Gasteiger partial charge in [0.15, 0.2) is 0 Å². The molecule has 1 saturated carbocycles. The molecule has 132 valence electrons. The highest BCUT2D eigenvalue weighted by molar-refractivity contribution is 6.30. The second kappa shape index (κ2) is 9.67. The van der Waals surface area contributed by atoms with Crippen LogP contribution < -0.4 is 0 Å². The Morgan fingerprint density at radius 3 is 2.46 bits per heavy atom. The van der Waals surface area contributed by atoms with Crippen LogP contribution in [0.1, 0.15) is 50.5 Å². The molecule has 4 nitrogen and oxygen atoms in total. The minimum absolute atomic E-state index is 0.153. The van der Waals surface area contributed by atoms with E-state index in [-0.39, 0.29) is 24.3 Å². The summed E-state index contributed by atoms with van der Waals surface area (Å²) in [5, 5.41) is 0.727. The molecular weight excluding hydrogens is 326 g/mol. The van der Waals surface area contributed by atoms with E-state index in [1.807, 2.05) is 29.2 Å². The van der Waals surface area contributed by atoms with E-state index in [1.54, 1.807) is 0 Å². The predicted octanol–water partition coefficient (Wildman–Crippen LogP) is 4.00. The molecule has 5 heteroatoms. The van der Waals surface area contributed by atoms with Crippen molar-refractivity contribution in [2.24, 2.45) is 0 Å². The third kappa shape index (κ3) is 5.82. The number of benzene rings is 1. The molecule has 0 atom stereocenters. The molecule has 0 saturated heterocycles. The van der Waals surface area contributed by atoms with E-state index < -0.39 is 0 Å². The van der Waals surface area contributed by atoms with Gasteiger partial charge >= 0.3 is 5.97 Å². The summed E-state index contributed by atoms with van der Waals surface area (Å²) in [6.45, 7) is 0.469. The molecule has 1 fully saturated rings. The van der Waals surface area contributed by atoms with E-state index in [4.69, 9.17) is 16.3 Å². The third-order valence-electron chi connectivity index (χ3n) is 4.64. The average Bonchev–Trinajstić information content (AvgIpc) is 3.11. The van der Waals surface area contributed by atoms with Crippen LogP contribution in [0.5, 0.6) is 0 Å². The van der Waals surface area contributed by atoms with Crippen molar-refractivity contribution in [1.29, 1.82) is 0 Å². The Morgan fingerprint density at radius 1 is 1.17 bits per heavy atom. The molecule has 1 aliphatic rings. The van der Waals surface area contributed by atoms with Crippen LogP contribution in [0.3, 0.4) is 0 Å².